The van der Waals surface area contributed by atoms with E-state index in [1.54, 1.807) is 6.20 Å². The molecular formula is C26H27N3O5S. The van der Waals surface area contributed by atoms with E-state index in [9.17, 15) is 14.4 Å². The van der Waals surface area contributed by atoms with Crippen LogP contribution in [-0.4, -0.2) is 40.7 Å². The van der Waals surface area contributed by atoms with Crippen molar-refractivity contribution in [2.75, 3.05) is 11.9 Å². The molecule has 0 bridgehead atoms. The van der Waals surface area contributed by atoms with Gasteiger partial charge in [-0.15, -0.1) is 11.3 Å². The molecule has 0 saturated heterocycles. The quantitative estimate of drug-likeness (QED) is 0.373. The molecule has 35 heavy (non-hydrogen) atoms. The van der Waals surface area contributed by atoms with Gasteiger partial charge < -0.3 is 15.2 Å². The Labute approximate surface area is 207 Å². The normalized spacial score (nSPS) is 12.9. The molecular weight excluding hydrogens is 466 g/mol. The number of thiazole rings is 1. The zero-order valence-corrected chi connectivity index (χ0v) is 20.1. The number of rotatable bonds is 10. The Balaban J connectivity index is 1.28. The second-order valence-corrected chi connectivity index (χ2v) is 9.44. The number of benzene rings is 2. The van der Waals surface area contributed by atoms with Gasteiger partial charge in [0, 0.05) is 23.4 Å². The standard InChI is InChI=1S/C26H27N3O5S/c1-2-7-22(24(31)32)28-23(30)13-12-16-14-27-25(35-16)29-26(33)34-15-21-19-10-5-3-8-17(19)18-9-4-6-11-20(18)21/h3-6,8-11,14,21-22H,2,7,12-13,15H2,1H3,(H,28,30)(H,31,32)(H,27,29,33). The predicted molar refractivity (Wildman–Crippen MR) is 134 cm³/mol. The molecule has 1 aliphatic carbocycles. The van der Waals surface area contributed by atoms with Crippen molar-refractivity contribution >= 4 is 34.4 Å². The number of anilines is 1. The molecule has 0 radical (unpaired) electrons. The van der Waals surface area contributed by atoms with E-state index < -0.39 is 18.1 Å². The Morgan fingerprint density at radius 2 is 1.74 bits per heavy atom. The molecule has 2 amide bonds. The van der Waals surface area contributed by atoms with Crippen LogP contribution in [0, 0.1) is 0 Å². The minimum Gasteiger partial charge on any atom is -0.480 e. The number of aliphatic carboxylic acids is 1. The van der Waals surface area contributed by atoms with Crippen LogP contribution in [0.15, 0.2) is 54.7 Å². The zero-order valence-electron chi connectivity index (χ0n) is 19.3. The molecule has 3 aromatic rings. The third kappa shape index (κ3) is 5.86. The third-order valence-electron chi connectivity index (χ3n) is 5.92. The molecule has 1 heterocycles. The maximum atomic E-state index is 12.4. The first-order valence-electron chi connectivity index (χ1n) is 11.5. The van der Waals surface area contributed by atoms with Crippen LogP contribution in [-0.2, 0) is 20.7 Å². The summed E-state index contributed by atoms with van der Waals surface area (Å²) >= 11 is 1.25. The average molecular weight is 494 g/mol. The highest BCUT2D eigenvalue weighted by molar-refractivity contribution is 7.15. The van der Waals surface area contributed by atoms with Gasteiger partial charge in [-0.25, -0.2) is 14.6 Å². The number of carboxylic acid groups (broad SMARTS) is 1. The first-order valence-corrected chi connectivity index (χ1v) is 12.4. The lowest BCUT2D eigenvalue weighted by molar-refractivity contribution is -0.142. The summed E-state index contributed by atoms with van der Waals surface area (Å²) < 4.78 is 5.54. The maximum absolute atomic E-state index is 12.4. The molecule has 2 aromatic carbocycles. The van der Waals surface area contributed by atoms with E-state index in [2.05, 4.69) is 39.9 Å². The van der Waals surface area contributed by atoms with E-state index in [4.69, 9.17) is 9.84 Å². The van der Waals surface area contributed by atoms with Gasteiger partial charge in [-0.05, 0) is 35.1 Å². The summed E-state index contributed by atoms with van der Waals surface area (Å²) in [6.45, 7) is 2.07. The number of carboxylic acids is 1. The van der Waals surface area contributed by atoms with Crippen LogP contribution in [0.2, 0.25) is 0 Å². The Morgan fingerprint density at radius 3 is 2.37 bits per heavy atom. The molecule has 1 atom stereocenters. The van der Waals surface area contributed by atoms with Crippen molar-refractivity contribution in [1.29, 1.82) is 0 Å². The van der Waals surface area contributed by atoms with Gasteiger partial charge in [-0.2, -0.15) is 0 Å². The van der Waals surface area contributed by atoms with E-state index in [0.717, 1.165) is 27.1 Å². The number of fused-ring (bicyclic) bond motifs is 3. The molecule has 1 aliphatic rings. The summed E-state index contributed by atoms with van der Waals surface area (Å²) in [6, 6.07) is 15.4. The van der Waals surface area contributed by atoms with E-state index in [0.29, 0.717) is 24.4 Å². The van der Waals surface area contributed by atoms with E-state index >= 15 is 0 Å². The average Bonchev–Trinajstić information content (AvgIpc) is 3.43. The number of carbonyl (C=O) groups is 3. The van der Waals surface area contributed by atoms with E-state index in [-0.39, 0.29) is 24.9 Å². The molecule has 3 N–H and O–H groups in total. The molecule has 4 rings (SSSR count). The zero-order chi connectivity index (χ0) is 24.8. The van der Waals surface area contributed by atoms with Crippen molar-refractivity contribution in [2.45, 2.75) is 44.6 Å². The summed E-state index contributed by atoms with van der Waals surface area (Å²) in [5.41, 5.74) is 4.60. The lowest BCUT2D eigenvalue weighted by Crippen LogP contribution is -2.40. The van der Waals surface area contributed by atoms with Gasteiger partial charge in [-0.1, -0.05) is 61.9 Å². The van der Waals surface area contributed by atoms with Gasteiger partial charge in [0.15, 0.2) is 5.13 Å². The highest BCUT2D eigenvalue weighted by Crippen LogP contribution is 2.44. The largest absolute Gasteiger partial charge is 0.480 e. The summed E-state index contributed by atoms with van der Waals surface area (Å²) in [6.07, 6.45) is 2.59. The Kier molecular flexibility index (Phi) is 7.77. The van der Waals surface area contributed by atoms with Crippen molar-refractivity contribution in [1.82, 2.24) is 10.3 Å². The monoisotopic (exact) mass is 493 g/mol. The lowest BCUT2D eigenvalue weighted by atomic mass is 9.98. The first-order chi connectivity index (χ1) is 17.0. The van der Waals surface area contributed by atoms with Crippen LogP contribution >= 0.6 is 11.3 Å². The molecule has 0 aliphatic heterocycles. The number of carbonyl (C=O) groups excluding carboxylic acids is 2. The fourth-order valence-corrected chi connectivity index (χ4v) is 5.05. The van der Waals surface area contributed by atoms with Crippen molar-refractivity contribution in [3.63, 3.8) is 0 Å². The SMILES string of the molecule is CCCC(NC(=O)CCc1cnc(NC(=O)OCC2c3ccccc3-c3ccccc32)s1)C(=O)O. The van der Waals surface area contributed by atoms with E-state index in [1.807, 2.05) is 31.2 Å². The molecule has 1 unspecified atom stereocenters. The molecule has 8 nitrogen and oxygen atoms in total. The van der Waals surface area contributed by atoms with Crippen LogP contribution in [0.1, 0.15) is 48.1 Å². The smallest absolute Gasteiger partial charge is 0.413 e. The minimum absolute atomic E-state index is 0.0270. The number of nitrogens with one attached hydrogen (secondary N) is 2. The van der Waals surface area contributed by atoms with Gasteiger partial charge >= 0.3 is 12.1 Å². The second kappa shape index (κ2) is 11.1. The van der Waals surface area contributed by atoms with E-state index in [1.165, 1.54) is 11.3 Å². The van der Waals surface area contributed by atoms with Crippen molar-refractivity contribution in [2.24, 2.45) is 0 Å². The number of aryl methyl sites for hydroxylation is 1. The van der Waals surface area contributed by atoms with Gasteiger partial charge in [0.05, 0.1) is 0 Å². The first kappa shape index (κ1) is 24.4. The fourth-order valence-electron chi connectivity index (χ4n) is 4.25. The van der Waals surface area contributed by atoms with Crippen LogP contribution < -0.4 is 10.6 Å². The number of amides is 2. The lowest BCUT2D eigenvalue weighted by Gasteiger charge is -2.14. The van der Waals surface area contributed by atoms with Crippen LogP contribution in [0.5, 0.6) is 0 Å². The summed E-state index contributed by atoms with van der Waals surface area (Å²) in [5.74, 6) is -1.39. The Morgan fingerprint density at radius 1 is 1.09 bits per heavy atom. The molecule has 1 aromatic heterocycles. The highest BCUT2D eigenvalue weighted by atomic mass is 32.1. The third-order valence-corrected chi connectivity index (χ3v) is 6.89. The molecule has 182 valence electrons. The predicted octanol–water partition coefficient (Wildman–Crippen LogP) is 4.81. The highest BCUT2D eigenvalue weighted by Gasteiger charge is 2.29. The fraction of sp³-hybridized carbons (Fsp3) is 0.308. The molecule has 0 saturated carbocycles. The van der Waals surface area contributed by atoms with Gasteiger partial charge in [-0.3, -0.25) is 10.1 Å². The topological polar surface area (TPSA) is 118 Å². The van der Waals surface area contributed by atoms with Gasteiger partial charge in [0.25, 0.3) is 0 Å². The number of hydrogen-bond acceptors (Lipinski definition) is 6. The van der Waals surface area contributed by atoms with Crippen molar-refractivity contribution in [3.8, 4) is 11.1 Å². The summed E-state index contributed by atoms with van der Waals surface area (Å²) in [4.78, 5) is 40.7. The Bertz CT molecular complexity index is 1180. The Hall–Kier alpha value is -3.72. The number of ether oxygens (including phenoxy) is 1. The maximum Gasteiger partial charge on any atom is 0.413 e. The van der Waals surface area contributed by atoms with Gasteiger partial charge in [0.1, 0.15) is 12.6 Å². The molecule has 0 spiro atoms. The number of aromatic nitrogens is 1. The van der Waals surface area contributed by atoms with Crippen LogP contribution in [0.4, 0.5) is 9.93 Å². The van der Waals surface area contributed by atoms with Crippen molar-refractivity contribution in [3.05, 3.63) is 70.7 Å². The van der Waals surface area contributed by atoms with Crippen LogP contribution in [0.3, 0.4) is 0 Å². The molecule has 0 fully saturated rings. The molecule has 9 heteroatoms. The second-order valence-electron chi connectivity index (χ2n) is 8.33. The summed E-state index contributed by atoms with van der Waals surface area (Å²) in [5, 5.41) is 14.7. The van der Waals surface area contributed by atoms with Gasteiger partial charge in [0.2, 0.25) is 5.91 Å². The number of nitrogens with zero attached hydrogens (tertiary/aromatic N) is 1. The summed E-state index contributed by atoms with van der Waals surface area (Å²) in [7, 11) is 0. The number of hydrogen-bond donors (Lipinski definition) is 3. The minimum atomic E-state index is -1.03. The van der Waals surface area contributed by atoms with Crippen LogP contribution in [0.25, 0.3) is 11.1 Å². The van der Waals surface area contributed by atoms with Crippen molar-refractivity contribution < 1.29 is 24.2 Å².